The van der Waals surface area contributed by atoms with Gasteiger partial charge in [-0.25, -0.2) is 0 Å². The predicted molar refractivity (Wildman–Crippen MR) is 110 cm³/mol. The monoisotopic (exact) mass is 396 g/mol. The zero-order chi connectivity index (χ0) is 20.0. The first-order valence-electron chi connectivity index (χ1n) is 9.21. The smallest absolute Gasteiger partial charge is 0.275 e. The highest BCUT2D eigenvalue weighted by Gasteiger charge is 2.43. The van der Waals surface area contributed by atoms with Gasteiger partial charge in [-0.2, -0.15) is 0 Å². The second-order valence-electron chi connectivity index (χ2n) is 7.33. The Morgan fingerprint density at radius 3 is 2.50 bits per heavy atom. The van der Waals surface area contributed by atoms with E-state index < -0.39 is 6.04 Å². The standard InChI is InChI=1S/C21H21ClN4O2/c1-11-9-16(10-24-20(11)27)26-19(13-3-5-14(22)6-4-13)17(12(2)23)18(21(26)28)25-15-7-8-15/h3-6,9-10,15,19,23,25H,7-8H2,1-2H3,(H,24,27). The highest BCUT2D eigenvalue weighted by molar-refractivity contribution is 6.30. The maximum absolute atomic E-state index is 13.4. The van der Waals surface area contributed by atoms with Gasteiger partial charge < -0.3 is 15.7 Å². The molecule has 6 nitrogen and oxygen atoms in total. The Kier molecular flexibility index (Phi) is 4.59. The second kappa shape index (κ2) is 6.95. The number of aromatic nitrogens is 1. The molecule has 0 radical (unpaired) electrons. The number of H-pyrrole nitrogens is 1. The van der Waals surface area contributed by atoms with Gasteiger partial charge in [-0.1, -0.05) is 23.7 Å². The first-order chi connectivity index (χ1) is 13.4. The number of carbonyl (C=O) groups excluding carboxylic acids is 1. The summed E-state index contributed by atoms with van der Waals surface area (Å²) >= 11 is 6.06. The van der Waals surface area contributed by atoms with Crippen LogP contribution in [0.5, 0.6) is 0 Å². The van der Waals surface area contributed by atoms with Crippen LogP contribution in [0.2, 0.25) is 5.02 Å². The first kappa shape index (κ1) is 18.5. The Bertz CT molecular complexity index is 1050. The highest BCUT2D eigenvalue weighted by atomic mass is 35.5. The van der Waals surface area contributed by atoms with Crippen LogP contribution in [-0.2, 0) is 4.79 Å². The van der Waals surface area contributed by atoms with Crippen molar-refractivity contribution in [3.8, 4) is 0 Å². The van der Waals surface area contributed by atoms with Gasteiger partial charge in [0, 0.05) is 34.1 Å². The summed E-state index contributed by atoms with van der Waals surface area (Å²) in [6, 6.07) is 8.81. The number of nitrogens with zero attached hydrogens (tertiary/aromatic N) is 1. The van der Waals surface area contributed by atoms with Crippen molar-refractivity contribution < 1.29 is 4.79 Å². The van der Waals surface area contributed by atoms with Gasteiger partial charge in [-0.15, -0.1) is 0 Å². The molecule has 2 heterocycles. The minimum atomic E-state index is -0.464. The molecule has 1 aliphatic carbocycles. The van der Waals surface area contributed by atoms with Gasteiger partial charge in [0.2, 0.25) is 0 Å². The quantitative estimate of drug-likeness (QED) is 0.676. The molecule has 1 unspecified atom stereocenters. The van der Waals surface area contributed by atoms with E-state index in [2.05, 4.69) is 10.3 Å². The molecule has 144 valence electrons. The van der Waals surface area contributed by atoms with Crippen molar-refractivity contribution in [1.82, 2.24) is 10.3 Å². The molecule has 7 heteroatoms. The molecule has 1 aromatic carbocycles. The number of carbonyl (C=O) groups is 1. The number of nitrogens with one attached hydrogen (secondary N) is 3. The maximum Gasteiger partial charge on any atom is 0.275 e. The fourth-order valence-electron chi connectivity index (χ4n) is 3.53. The van der Waals surface area contributed by atoms with Crippen molar-refractivity contribution in [2.24, 2.45) is 0 Å². The molecule has 0 bridgehead atoms. The molecule has 4 rings (SSSR count). The average Bonchev–Trinajstić information content (AvgIpc) is 3.42. The van der Waals surface area contributed by atoms with Crippen molar-refractivity contribution in [3.05, 3.63) is 74.3 Å². The van der Waals surface area contributed by atoms with Crippen LogP contribution < -0.4 is 15.8 Å². The van der Waals surface area contributed by atoms with Crippen LogP contribution in [0.25, 0.3) is 0 Å². The van der Waals surface area contributed by atoms with E-state index in [0.29, 0.717) is 33.3 Å². The Hall–Kier alpha value is -2.86. The average molecular weight is 397 g/mol. The van der Waals surface area contributed by atoms with Crippen LogP contribution in [0.3, 0.4) is 0 Å². The molecule has 1 amide bonds. The van der Waals surface area contributed by atoms with Crippen LogP contribution in [-0.4, -0.2) is 22.6 Å². The van der Waals surface area contributed by atoms with Crippen molar-refractivity contribution in [1.29, 1.82) is 5.41 Å². The number of hydrogen-bond acceptors (Lipinski definition) is 4. The summed E-state index contributed by atoms with van der Waals surface area (Å²) in [5.74, 6) is -0.195. The van der Waals surface area contributed by atoms with Gasteiger partial charge in [0.1, 0.15) is 5.70 Å². The number of rotatable bonds is 5. The van der Waals surface area contributed by atoms with E-state index in [0.717, 1.165) is 18.4 Å². The van der Waals surface area contributed by atoms with Gasteiger partial charge in [-0.3, -0.25) is 14.5 Å². The lowest BCUT2D eigenvalue weighted by Gasteiger charge is -2.27. The molecule has 1 saturated carbocycles. The fourth-order valence-corrected chi connectivity index (χ4v) is 3.66. The molecule has 1 fully saturated rings. The third-order valence-electron chi connectivity index (χ3n) is 5.10. The topological polar surface area (TPSA) is 89.1 Å². The molecule has 3 N–H and O–H groups in total. The van der Waals surface area contributed by atoms with E-state index in [1.54, 1.807) is 43.1 Å². The molecular weight excluding hydrogens is 376 g/mol. The Labute approximate surface area is 167 Å². The molecular formula is C21H21ClN4O2. The maximum atomic E-state index is 13.4. The molecule has 0 saturated heterocycles. The summed E-state index contributed by atoms with van der Waals surface area (Å²) in [6.07, 6.45) is 3.59. The summed E-state index contributed by atoms with van der Waals surface area (Å²) in [5, 5.41) is 12.3. The van der Waals surface area contributed by atoms with Crippen molar-refractivity contribution in [3.63, 3.8) is 0 Å². The summed E-state index contributed by atoms with van der Waals surface area (Å²) in [6.45, 7) is 3.40. The lowest BCUT2D eigenvalue weighted by Crippen LogP contribution is -2.33. The number of hydrogen-bond donors (Lipinski definition) is 3. The molecule has 2 aromatic rings. The third kappa shape index (κ3) is 3.24. The largest absolute Gasteiger partial charge is 0.377 e. The van der Waals surface area contributed by atoms with Crippen LogP contribution >= 0.6 is 11.6 Å². The molecule has 1 atom stereocenters. The Morgan fingerprint density at radius 2 is 1.93 bits per heavy atom. The lowest BCUT2D eigenvalue weighted by molar-refractivity contribution is -0.115. The summed E-state index contributed by atoms with van der Waals surface area (Å²) in [4.78, 5) is 29.6. The van der Waals surface area contributed by atoms with Crippen LogP contribution in [0.15, 0.2) is 52.6 Å². The summed E-state index contributed by atoms with van der Waals surface area (Å²) in [7, 11) is 0. The predicted octanol–water partition coefficient (Wildman–Crippen LogP) is 3.47. The van der Waals surface area contributed by atoms with Crippen LogP contribution in [0, 0.1) is 12.3 Å². The molecule has 1 aliphatic heterocycles. The highest BCUT2D eigenvalue weighted by Crippen LogP contribution is 2.41. The normalized spacial score (nSPS) is 19.3. The zero-order valence-corrected chi connectivity index (χ0v) is 16.4. The summed E-state index contributed by atoms with van der Waals surface area (Å²) in [5.41, 5.74) is 3.24. The molecule has 1 aromatic heterocycles. The lowest BCUT2D eigenvalue weighted by atomic mass is 9.95. The Morgan fingerprint density at radius 1 is 1.25 bits per heavy atom. The zero-order valence-electron chi connectivity index (χ0n) is 15.7. The van der Waals surface area contributed by atoms with Crippen molar-refractivity contribution in [2.75, 3.05) is 4.90 Å². The number of pyridine rings is 1. The van der Waals surface area contributed by atoms with Gasteiger partial charge in [0.15, 0.2) is 0 Å². The van der Waals surface area contributed by atoms with E-state index in [4.69, 9.17) is 17.0 Å². The van der Waals surface area contributed by atoms with Crippen LogP contribution in [0.4, 0.5) is 5.69 Å². The SMILES string of the molecule is CC(=N)C1=C(NC2CC2)C(=O)N(c2c[nH]c(=O)c(C)c2)C1c1ccc(Cl)cc1. The number of aromatic amines is 1. The van der Waals surface area contributed by atoms with Crippen LogP contribution in [0.1, 0.15) is 36.9 Å². The Balaban J connectivity index is 1.89. The minimum Gasteiger partial charge on any atom is -0.377 e. The van der Waals surface area contributed by atoms with Gasteiger partial charge in [-0.05, 0) is 50.5 Å². The summed E-state index contributed by atoms with van der Waals surface area (Å²) < 4.78 is 0. The van der Waals surface area contributed by atoms with E-state index in [-0.39, 0.29) is 17.5 Å². The number of anilines is 1. The number of halogens is 1. The van der Waals surface area contributed by atoms with Crippen molar-refractivity contribution in [2.45, 2.75) is 38.8 Å². The minimum absolute atomic E-state index is 0.189. The van der Waals surface area contributed by atoms with Crippen molar-refractivity contribution >= 4 is 28.9 Å². The van der Waals surface area contributed by atoms with Gasteiger partial charge in [0.05, 0.1) is 11.7 Å². The fraction of sp³-hybridized carbons (Fsp3) is 0.286. The molecule has 28 heavy (non-hydrogen) atoms. The number of benzene rings is 1. The number of aryl methyl sites for hydroxylation is 1. The van der Waals surface area contributed by atoms with E-state index in [1.807, 2.05) is 12.1 Å². The molecule has 0 spiro atoms. The van der Waals surface area contributed by atoms with E-state index >= 15 is 0 Å². The van der Waals surface area contributed by atoms with E-state index in [1.165, 1.54) is 0 Å². The van der Waals surface area contributed by atoms with Gasteiger partial charge in [0.25, 0.3) is 11.5 Å². The third-order valence-corrected chi connectivity index (χ3v) is 5.35. The molecule has 2 aliphatic rings. The second-order valence-corrected chi connectivity index (χ2v) is 7.77. The van der Waals surface area contributed by atoms with Gasteiger partial charge >= 0.3 is 0 Å². The van der Waals surface area contributed by atoms with E-state index in [9.17, 15) is 9.59 Å². The number of amides is 1. The first-order valence-corrected chi connectivity index (χ1v) is 9.59.